The molecule has 0 spiro atoms. The molecule has 0 aliphatic heterocycles. The summed E-state index contributed by atoms with van der Waals surface area (Å²) in [4.78, 5) is 0. The van der Waals surface area contributed by atoms with E-state index in [2.05, 4.69) is 53.1 Å². The lowest BCUT2D eigenvalue weighted by atomic mass is 10.1. The summed E-state index contributed by atoms with van der Waals surface area (Å²) in [5.74, 6) is -0.889. The lowest BCUT2D eigenvalue weighted by Crippen LogP contribution is -2.10. The molecule has 0 aliphatic carbocycles. The molecule has 1 atom stereocenters. The van der Waals surface area contributed by atoms with Crippen LogP contribution in [0.15, 0.2) is 43.7 Å². The van der Waals surface area contributed by atoms with E-state index in [0.29, 0.717) is 0 Å². The highest BCUT2D eigenvalue weighted by atomic mass is 79.9. The Morgan fingerprint density at radius 2 is 1.60 bits per heavy atom. The molecule has 2 rings (SSSR count). The maximum Gasteiger partial charge on any atom is 0.128 e. The van der Waals surface area contributed by atoms with Crippen LogP contribution in [0, 0.1) is 11.6 Å². The molecule has 0 saturated carbocycles. The number of anilines is 1. The fourth-order valence-corrected chi connectivity index (χ4v) is 4.31. The minimum Gasteiger partial charge on any atom is -0.377 e. The summed E-state index contributed by atoms with van der Waals surface area (Å²) in [6.07, 6.45) is 0. The second-order valence-corrected chi connectivity index (χ2v) is 6.90. The normalized spacial score (nSPS) is 12.3. The number of rotatable bonds is 3. The third kappa shape index (κ3) is 3.59. The summed E-state index contributed by atoms with van der Waals surface area (Å²) in [5.41, 5.74) is 1.07. The molecule has 2 aromatic rings. The number of benzene rings is 2. The van der Waals surface area contributed by atoms with Gasteiger partial charge < -0.3 is 5.32 Å². The van der Waals surface area contributed by atoms with E-state index in [1.807, 2.05) is 12.1 Å². The third-order valence-corrected chi connectivity index (χ3v) is 4.50. The minimum absolute atomic E-state index is 0.284. The highest BCUT2D eigenvalue weighted by molar-refractivity contribution is 9.11. The van der Waals surface area contributed by atoms with Crippen LogP contribution in [-0.2, 0) is 0 Å². The Balaban J connectivity index is 2.32. The van der Waals surface area contributed by atoms with Crippen molar-refractivity contribution in [3.63, 3.8) is 0 Å². The molecule has 1 nitrogen and oxygen atoms in total. The summed E-state index contributed by atoms with van der Waals surface area (Å²) in [6, 6.07) is 6.82. The van der Waals surface area contributed by atoms with Gasteiger partial charge in [-0.1, -0.05) is 15.9 Å². The van der Waals surface area contributed by atoms with Gasteiger partial charge in [-0.25, -0.2) is 8.78 Å². The molecule has 2 aromatic carbocycles. The van der Waals surface area contributed by atoms with Gasteiger partial charge in [0.15, 0.2) is 0 Å². The van der Waals surface area contributed by atoms with Gasteiger partial charge in [-0.2, -0.15) is 0 Å². The van der Waals surface area contributed by atoms with Crippen LogP contribution in [0.3, 0.4) is 0 Å². The largest absolute Gasteiger partial charge is 0.377 e. The fraction of sp³-hybridized carbons (Fsp3) is 0.143. The van der Waals surface area contributed by atoms with Crippen LogP contribution in [0.1, 0.15) is 18.5 Å². The molecule has 1 unspecified atom stereocenters. The average molecular weight is 470 g/mol. The first-order chi connectivity index (χ1) is 9.38. The van der Waals surface area contributed by atoms with Crippen molar-refractivity contribution in [2.24, 2.45) is 0 Å². The van der Waals surface area contributed by atoms with Crippen molar-refractivity contribution in [3.8, 4) is 0 Å². The predicted octanol–water partition coefficient (Wildman–Crippen LogP) is 6.43. The van der Waals surface area contributed by atoms with E-state index in [4.69, 9.17) is 0 Å². The zero-order valence-electron chi connectivity index (χ0n) is 10.4. The first-order valence-corrected chi connectivity index (χ1v) is 8.12. The highest BCUT2D eigenvalue weighted by Crippen LogP contribution is 2.36. The van der Waals surface area contributed by atoms with Crippen molar-refractivity contribution in [1.29, 1.82) is 0 Å². The molecule has 0 radical (unpaired) electrons. The van der Waals surface area contributed by atoms with Gasteiger partial charge in [-0.3, -0.25) is 0 Å². The van der Waals surface area contributed by atoms with Crippen molar-refractivity contribution in [3.05, 3.63) is 60.9 Å². The van der Waals surface area contributed by atoms with Crippen LogP contribution in [0.25, 0.3) is 0 Å². The van der Waals surface area contributed by atoms with Crippen LogP contribution < -0.4 is 5.32 Å². The molecular weight excluding hydrogens is 460 g/mol. The number of nitrogens with one attached hydrogen (secondary N) is 1. The van der Waals surface area contributed by atoms with Gasteiger partial charge in [0.2, 0.25) is 0 Å². The number of halogens is 5. The minimum atomic E-state index is -0.455. The average Bonchev–Trinajstić information content (AvgIpc) is 2.36. The molecule has 0 fully saturated rings. The van der Waals surface area contributed by atoms with Gasteiger partial charge >= 0.3 is 0 Å². The molecule has 20 heavy (non-hydrogen) atoms. The molecule has 106 valence electrons. The molecule has 1 N–H and O–H groups in total. The van der Waals surface area contributed by atoms with E-state index < -0.39 is 11.6 Å². The molecule has 0 aromatic heterocycles. The number of hydrogen-bond donors (Lipinski definition) is 1. The first-order valence-electron chi connectivity index (χ1n) is 5.74. The van der Waals surface area contributed by atoms with E-state index in [9.17, 15) is 8.78 Å². The predicted molar refractivity (Wildman–Crippen MR) is 87.9 cm³/mol. The summed E-state index contributed by atoms with van der Waals surface area (Å²) >= 11 is 10.3. The maximum absolute atomic E-state index is 13.8. The topological polar surface area (TPSA) is 12.0 Å². The lowest BCUT2D eigenvalue weighted by molar-refractivity contribution is 0.577. The van der Waals surface area contributed by atoms with Gasteiger partial charge in [0.1, 0.15) is 11.6 Å². The van der Waals surface area contributed by atoms with Crippen molar-refractivity contribution < 1.29 is 8.78 Å². The Labute approximate surface area is 141 Å². The second-order valence-electron chi connectivity index (χ2n) is 4.28. The smallest absolute Gasteiger partial charge is 0.128 e. The first kappa shape index (κ1) is 15.9. The Morgan fingerprint density at radius 1 is 1.00 bits per heavy atom. The lowest BCUT2D eigenvalue weighted by Gasteiger charge is -2.19. The molecule has 6 heteroatoms. The third-order valence-electron chi connectivity index (χ3n) is 2.79. The number of hydrogen-bond acceptors (Lipinski definition) is 1. The molecule has 0 bridgehead atoms. The Hall–Kier alpha value is -0.460. The molecule has 0 heterocycles. The van der Waals surface area contributed by atoms with Crippen molar-refractivity contribution >= 4 is 53.5 Å². The van der Waals surface area contributed by atoms with Crippen LogP contribution >= 0.6 is 47.8 Å². The zero-order valence-corrected chi connectivity index (χ0v) is 15.1. The summed E-state index contributed by atoms with van der Waals surface area (Å²) in [7, 11) is 0. The van der Waals surface area contributed by atoms with Crippen LogP contribution in [-0.4, -0.2) is 0 Å². The standard InChI is InChI=1S/C14H10Br3F2N/c1-7(10-6-9(18)2-3-13(10)19)20-14-11(16)4-8(15)5-12(14)17/h2-7,20H,1H3. The van der Waals surface area contributed by atoms with Gasteiger partial charge in [0.05, 0.1) is 11.7 Å². The Morgan fingerprint density at radius 3 is 2.20 bits per heavy atom. The van der Waals surface area contributed by atoms with Gasteiger partial charge in [-0.05, 0) is 69.1 Å². The summed E-state index contributed by atoms with van der Waals surface area (Å²) in [5, 5.41) is 3.17. The van der Waals surface area contributed by atoms with Crippen LogP contribution in [0.4, 0.5) is 14.5 Å². The monoisotopic (exact) mass is 467 g/mol. The molecule has 0 amide bonds. The Bertz CT molecular complexity index is 623. The second kappa shape index (κ2) is 6.54. The molecule has 0 aliphatic rings. The van der Waals surface area contributed by atoms with E-state index in [1.165, 1.54) is 6.07 Å². The van der Waals surface area contributed by atoms with Gasteiger partial charge in [0.25, 0.3) is 0 Å². The fourth-order valence-electron chi connectivity index (χ4n) is 1.82. The zero-order chi connectivity index (χ0) is 14.9. The molecule has 0 saturated heterocycles. The highest BCUT2D eigenvalue weighted by Gasteiger charge is 2.15. The van der Waals surface area contributed by atoms with Gasteiger partial charge in [-0.15, -0.1) is 0 Å². The van der Waals surface area contributed by atoms with E-state index in [1.54, 1.807) is 6.92 Å². The van der Waals surface area contributed by atoms with E-state index in [-0.39, 0.29) is 11.6 Å². The summed E-state index contributed by atoms with van der Waals surface area (Å²) < 4.78 is 29.5. The van der Waals surface area contributed by atoms with Crippen molar-refractivity contribution in [1.82, 2.24) is 0 Å². The van der Waals surface area contributed by atoms with Crippen LogP contribution in [0.2, 0.25) is 0 Å². The van der Waals surface area contributed by atoms with Crippen molar-refractivity contribution in [2.45, 2.75) is 13.0 Å². The van der Waals surface area contributed by atoms with E-state index in [0.717, 1.165) is 31.2 Å². The molecular formula is C14H10Br3F2N. The van der Waals surface area contributed by atoms with Crippen LogP contribution in [0.5, 0.6) is 0 Å². The maximum atomic E-state index is 13.8. The SMILES string of the molecule is CC(Nc1c(Br)cc(Br)cc1Br)c1cc(F)ccc1F. The van der Waals surface area contributed by atoms with E-state index >= 15 is 0 Å². The van der Waals surface area contributed by atoms with Crippen molar-refractivity contribution in [2.75, 3.05) is 5.32 Å². The Kier molecular flexibility index (Phi) is 5.20. The quantitative estimate of drug-likeness (QED) is 0.546. The summed E-state index contributed by atoms with van der Waals surface area (Å²) in [6.45, 7) is 1.78. The van der Waals surface area contributed by atoms with Gasteiger partial charge in [0, 0.05) is 19.0 Å².